The number of fused-ring (bicyclic) bond motifs is 4. The van der Waals surface area contributed by atoms with Gasteiger partial charge in [-0.1, -0.05) is 12.6 Å². The van der Waals surface area contributed by atoms with Gasteiger partial charge in [0.25, 0.3) is 0 Å². The minimum Gasteiger partial charge on any atom is -0.492 e. The molecule has 1 saturated heterocycles. The van der Waals surface area contributed by atoms with Gasteiger partial charge in [0.05, 0.1) is 47.8 Å². The Morgan fingerprint density at radius 2 is 2.19 bits per heavy atom. The Morgan fingerprint density at radius 1 is 1.30 bits per heavy atom. The molecule has 0 aliphatic carbocycles. The van der Waals surface area contributed by atoms with Gasteiger partial charge in [0, 0.05) is 30.6 Å². The molecule has 1 N–H and O–H groups in total. The fourth-order valence-corrected chi connectivity index (χ4v) is 5.68. The van der Waals surface area contributed by atoms with Gasteiger partial charge in [-0.25, -0.2) is 9.97 Å². The second-order valence-corrected chi connectivity index (χ2v) is 9.62. The van der Waals surface area contributed by atoms with Crippen molar-refractivity contribution >= 4 is 33.5 Å². The molecule has 2 aliphatic heterocycles. The molecule has 0 bridgehead atoms. The number of aromatic amines is 1. The summed E-state index contributed by atoms with van der Waals surface area (Å²) in [5.41, 5.74) is 6.32. The summed E-state index contributed by atoms with van der Waals surface area (Å²) < 4.78 is 6.35. The van der Waals surface area contributed by atoms with Crippen molar-refractivity contribution in [2.75, 3.05) is 31.1 Å². The minimum absolute atomic E-state index is 0.151. The van der Waals surface area contributed by atoms with E-state index in [0.29, 0.717) is 26.2 Å². The number of nitrogens with one attached hydrogen (secondary N) is 1. The van der Waals surface area contributed by atoms with Crippen LogP contribution in [0.3, 0.4) is 0 Å². The van der Waals surface area contributed by atoms with Crippen LogP contribution < -0.4 is 9.64 Å². The number of amides is 1. The lowest BCUT2D eigenvalue weighted by atomic mass is 9.90. The van der Waals surface area contributed by atoms with Crippen molar-refractivity contribution in [1.82, 2.24) is 25.1 Å². The monoisotopic (exact) mass is 493 g/mol. The average Bonchev–Trinajstić information content (AvgIpc) is 3.40. The number of carbonyl (C=O) groups excluding carboxylic acids is 1. The number of piperazine rings is 1. The van der Waals surface area contributed by atoms with Crippen LogP contribution >= 0.6 is 0 Å². The Balaban J connectivity index is 1.50. The molecule has 4 aromatic rings. The summed E-state index contributed by atoms with van der Waals surface area (Å²) in [6.07, 6.45) is 6.83. The number of hydrogen-bond acceptors (Lipinski definition) is 7. The van der Waals surface area contributed by atoms with Crippen molar-refractivity contribution in [3.63, 3.8) is 0 Å². The molecule has 9 heteroatoms. The second kappa shape index (κ2) is 9.21. The summed E-state index contributed by atoms with van der Waals surface area (Å²) in [4.78, 5) is 25.6. The van der Waals surface area contributed by atoms with E-state index < -0.39 is 0 Å². The number of aryl methyl sites for hydroxylation is 1. The summed E-state index contributed by atoms with van der Waals surface area (Å²) in [5, 5.41) is 18.7. The van der Waals surface area contributed by atoms with Gasteiger partial charge < -0.3 is 14.5 Å². The molecule has 2 aliphatic rings. The molecule has 9 nitrogen and oxygen atoms in total. The predicted octanol–water partition coefficient (Wildman–Crippen LogP) is 3.92. The van der Waals surface area contributed by atoms with Crippen LogP contribution in [0, 0.1) is 18.3 Å². The number of carbonyl (C=O) groups is 1. The molecule has 0 saturated carbocycles. The number of H-pyrrole nitrogens is 1. The second-order valence-electron chi connectivity index (χ2n) is 9.62. The van der Waals surface area contributed by atoms with Crippen LogP contribution in [0.5, 0.6) is 5.75 Å². The van der Waals surface area contributed by atoms with Crippen molar-refractivity contribution in [2.24, 2.45) is 0 Å². The average molecular weight is 494 g/mol. The number of anilines is 1. The fourth-order valence-electron chi connectivity index (χ4n) is 5.68. The van der Waals surface area contributed by atoms with E-state index in [1.54, 1.807) is 11.2 Å². The number of hydrogen-bond donors (Lipinski definition) is 1. The van der Waals surface area contributed by atoms with Gasteiger partial charge in [-0.05, 0) is 54.7 Å². The van der Waals surface area contributed by atoms with E-state index in [1.165, 1.54) is 6.08 Å². The first kappa shape index (κ1) is 23.0. The van der Waals surface area contributed by atoms with Gasteiger partial charge in [0.2, 0.25) is 5.91 Å². The van der Waals surface area contributed by atoms with Gasteiger partial charge in [0.1, 0.15) is 17.9 Å². The van der Waals surface area contributed by atoms with Crippen LogP contribution in [0.1, 0.15) is 24.0 Å². The van der Waals surface area contributed by atoms with Gasteiger partial charge >= 0.3 is 0 Å². The Morgan fingerprint density at radius 3 is 3.03 bits per heavy atom. The SMILES string of the molecule is C=CC(=O)N1CCN(c2ncnc3cc(-c4cc(C)cc5[nH]ncc45)c4c(c23)OCCC4)C[C@@H]1CC#N. The normalized spacial score (nSPS) is 17.4. The van der Waals surface area contributed by atoms with Crippen molar-refractivity contribution in [2.45, 2.75) is 32.2 Å². The molecular weight excluding hydrogens is 466 g/mol. The third-order valence-corrected chi connectivity index (χ3v) is 7.34. The zero-order valence-electron chi connectivity index (χ0n) is 20.7. The standard InChI is InChI=1S/C28H27N7O2/c1-3-25(36)35-9-8-34(15-18(35)6-7-29)28-26-24(30-16-31-28)13-21(19-5-4-10-37-27(19)26)20-11-17(2)12-23-22(20)14-32-33-23/h3,11-14,16,18H,1,4-6,8-10,15H2,2H3,(H,32,33)/t18-/m0/s1. The molecule has 6 rings (SSSR count). The lowest BCUT2D eigenvalue weighted by Crippen LogP contribution is -2.55. The van der Waals surface area contributed by atoms with Gasteiger partial charge in [-0.2, -0.15) is 10.4 Å². The summed E-state index contributed by atoms with van der Waals surface area (Å²) in [5.74, 6) is 1.46. The maximum absolute atomic E-state index is 12.4. The molecule has 37 heavy (non-hydrogen) atoms. The fraction of sp³-hybridized carbons (Fsp3) is 0.321. The van der Waals surface area contributed by atoms with Gasteiger partial charge in [-0.3, -0.25) is 9.89 Å². The largest absolute Gasteiger partial charge is 0.492 e. The van der Waals surface area contributed by atoms with Crippen LogP contribution in [-0.2, 0) is 11.2 Å². The Kier molecular flexibility index (Phi) is 5.72. The first-order chi connectivity index (χ1) is 18.1. The summed E-state index contributed by atoms with van der Waals surface area (Å²) in [6.45, 7) is 7.93. The van der Waals surface area contributed by atoms with Crippen molar-refractivity contribution in [1.29, 1.82) is 5.26 Å². The lowest BCUT2D eigenvalue weighted by Gasteiger charge is -2.41. The highest BCUT2D eigenvalue weighted by molar-refractivity contribution is 6.04. The van der Waals surface area contributed by atoms with E-state index in [9.17, 15) is 10.1 Å². The van der Waals surface area contributed by atoms with Crippen LogP contribution in [-0.4, -0.2) is 63.3 Å². The van der Waals surface area contributed by atoms with Gasteiger partial charge in [0.15, 0.2) is 0 Å². The highest BCUT2D eigenvalue weighted by Crippen LogP contribution is 2.45. The van der Waals surface area contributed by atoms with Crippen molar-refractivity contribution in [3.8, 4) is 22.9 Å². The molecule has 186 valence electrons. The summed E-state index contributed by atoms with van der Waals surface area (Å²) >= 11 is 0. The molecule has 4 heterocycles. The van der Waals surface area contributed by atoms with Crippen molar-refractivity contribution < 1.29 is 9.53 Å². The van der Waals surface area contributed by atoms with Crippen molar-refractivity contribution in [3.05, 3.63) is 54.5 Å². The molecule has 0 spiro atoms. The Bertz CT molecular complexity index is 1590. The summed E-state index contributed by atoms with van der Waals surface area (Å²) in [7, 11) is 0. The number of aromatic nitrogens is 4. The zero-order valence-corrected chi connectivity index (χ0v) is 20.7. The molecular formula is C28H27N7O2. The topological polar surface area (TPSA) is 111 Å². The van der Waals surface area contributed by atoms with E-state index in [2.05, 4.69) is 57.9 Å². The molecule has 1 amide bonds. The van der Waals surface area contributed by atoms with E-state index in [4.69, 9.17) is 9.72 Å². The van der Waals surface area contributed by atoms with Crippen LogP contribution in [0.25, 0.3) is 32.9 Å². The smallest absolute Gasteiger partial charge is 0.246 e. The quantitative estimate of drug-likeness (QED) is 0.429. The van der Waals surface area contributed by atoms with Crippen LogP contribution in [0.4, 0.5) is 5.82 Å². The van der Waals surface area contributed by atoms with Crippen LogP contribution in [0.2, 0.25) is 0 Å². The van der Waals surface area contributed by atoms with Gasteiger partial charge in [-0.15, -0.1) is 0 Å². The number of benzene rings is 2. The third-order valence-electron chi connectivity index (χ3n) is 7.34. The Hall–Kier alpha value is -4.45. The molecule has 1 fully saturated rings. The maximum Gasteiger partial charge on any atom is 0.246 e. The lowest BCUT2D eigenvalue weighted by molar-refractivity contribution is -0.128. The predicted molar refractivity (Wildman–Crippen MR) is 141 cm³/mol. The number of nitrogens with zero attached hydrogens (tertiary/aromatic N) is 6. The Labute approximate surface area is 214 Å². The molecule has 0 unspecified atom stereocenters. The van der Waals surface area contributed by atoms with E-state index in [0.717, 1.165) is 68.5 Å². The first-order valence-electron chi connectivity index (χ1n) is 12.5. The van der Waals surface area contributed by atoms with Crippen LogP contribution in [0.15, 0.2) is 43.4 Å². The molecule has 1 atom stereocenters. The maximum atomic E-state index is 12.4. The number of rotatable bonds is 4. The summed E-state index contributed by atoms with van der Waals surface area (Å²) in [6, 6.07) is 8.42. The molecule has 0 radical (unpaired) electrons. The molecule has 2 aromatic heterocycles. The minimum atomic E-state index is -0.244. The molecule has 2 aromatic carbocycles. The van der Waals surface area contributed by atoms with E-state index in [1.807, 2.05) is 6.20 Å². The zero-order chi connectivity index (χ0) is 25.5. The number of nitriles is 1. The highest BCUT2D eigenvalue weighted by atomic mass is 16.5. The van der Waals surface area contributed by atoms with E-state index >= 15 is 0 Å². The highest BCUT2D eigenvalue weighted by Gasteiger charge is 2.32. The third kappa shape index (κ3) is 3.85. The van der Waals surface area contributed by atoms with E-state index in [-0.39, 0.29) is 18.4 Å². The first-order valence-corrected chi connectivity index (χ1v) is 12.5. The number of ether oxygens (including phenoxy) is 1.